The van der Waals surface area contributed by atoms with Crippen molar-refractivity contribution in [3.63, 3.8) is 0 Å². The van der Waals surface area contributed by atoms with Crippen LogP contribution in [0, 0.1) is 0 Å². The third-order valence-corrected chi connectivity index (χ3v) is 4.43. The van der Waals surface area contributed by atoms with Gasteiger partial charge in [-0.1, -0.05) is 23.7 Å². The third-order valence-electron chi connectivity index (χ3n) is 4.10. The zero-order valence-electron chi connectivity index (χ0n) is 15.5. The molecule has 0 fully saturated rings. The highest BCUT2D eigenvalue weighted by Crippen LogP contribution is 2.21. The number of amides is 2. The highest BCUT2D eigenvalue weighted by Gasteiger charge is 2.27. The number of halogens is 4. The number of carbonyl (C=O) groups is 2. The van der Waals surface area contributed by atoms with E-state index in [0.29, 0.717) is 27.5 Å². The zero-order valence-corrected chi connectivity index (χ0v) is 16.3. The van der Waals surface area contributed by atoms with Gasteiger partial charge >= 0.3 is 6.18 Å². The second-order valence-electron chi connectivity index (χ2n) is 6.45. The van der Waals surface area contributed by atoms with Gasteiger partial charge in [0.05, 0.1) is 41.6 Å². The number of hydrogen-bond acceptors (Lipinski definition) is 4. The van der Waals surface area contributed by atoms with E-state index in [0.717, 1.165) is 0 Å². The van der Waals surface area contributed by atoms with Crippen LogP contribution in [0.1, 0.15) is 34.5 Å². The first-order chi connectivity index (χ1) is 14.2. The largest absolute Gasteiger partial charge is 0.389 e. The summed E-state index contributed by atoms with van der Waals surface area (Å²) in [5.74, 6) is -1.04. The molecule has 3 aromatic rings. The Labute approximate surface area is 174 Å². The van der Waals surface area contributed by atoms with Gasteiger partial charge in [0.2, 0.25) is 5.91 Å². The van der Waals surface area contributed by atoms with Crippen LogP contribution in [0.3, 0.4) is 0 Å². The van der Waals surface area contributed by atoms with Crippen LogP contribution in [0.4, 0.5) is 13.2 Å². The molecule has 0 bridgehead atoms. The van der Waals surface area contributed by atoms with Crippen LogP contribution in [-0.2, 0) is 17.9 Å². The van der Waals surface area contributed by atoms with Gasteiger partial charge in [-0.05, 0) is 23.8 Å². The molecule has 1 aromatic carbocycles. The molecule has 2 amide bonds. The summed E-state index contributed by atoms with van der Waals surface area (Å²) in [5, 5.41) is 9.64. The van der Waals surface area contributed by atoms with Crippen molar-refractivity contribution in [2.45, 2.75) is 32.1 Å². The summed E-state index contributed by atoms with van der Waals surface area (Å²) in [6.07, 6.45) is -3.05. The predicted molar refractivity (Wildman–Crippen MR) is 103 cm³/mol. The quantitative estimate of drug-likeness (QED) is 0.591. The normalized spacial score (nSPS) is 11.5. The molecule has 0 aliphatic carbocycles. The van der Waals surface area contributed by atoms with Gasteiger partial charge in [0.15, 0.2) is 5.65 Å². The Morgan fingerprint density at radius 3 is 2.63 bits per heavy atom. The Morgan fingerprint density at radius 1 is 1.13 bits per heavy atom. The molecule has 2 aromatic heterocycles. The number of imidazole rings is 1. The van der Waals surface area contributed by atoms with Crippen LogP contribution in [0.25, 0.3) is 5.65 Å². The van der Waals surface area contributed by atoms with Gasteiger partial charge in [-0.2, -0.15) is 18.3 Å². The fourth-order valence-corrected chi connectivity index (χ4v) is 2.82. The molecule has 0 spiro atoms. The number of hydrogen-bond donors (Lipinski definition) is 2. The molecule has 0 radical (unpaired) electrons. The van der Waals surface area contributed by atoms with Crippen LogP contribution in [0.15, 0.2) is 42.7 Å². The Morgan fingerprint density at radius 2 is 1.90 bits per heavy atom. The average Bonchev–Trinajstić information content (AvgIpc) is 3.11. The van der Waals surface area contributed by atoms with E-state index < -0.39 is 24.9 Å². The predicted octanol–water partition coefficient (Wildman–Crippen LogP) is 3.27. The van der Waals surface area contributed by atoms with Crippen LogP contribution in [0.5, 0.6) is 0 Å². The minimum absolute atomic E-state index is 0.0334. The lowest BCUT2D eigenvalue weighted by atomic mass is 10.2. The monoisotopic (exact) mass is 439 g/mol. The molecule has 11 heteroatoms. The first-order valence-corrected chi connectivity index (χ1v) is 9.28. The second kappa shape index (κ2) is 9.12. The van der Waals surface area contributed by atoms with E-state index in [1.54, 1.807) is 36.5 Å². The fourth-order valence-electron chi connectivity index (χ4n) is 2.60. The summed E-state index contributed by atoms with van der Waals surface area (Å²) >= 11 is 6.00. The molecule has 7 nitrogen and oxygen atoms in total. The van der Waals surface area contributed by atoms with E-state index >= 15 is 0 Å². The minimum atomic E-state index is -4.37. The van der Waals surface area contributed by atoms with E-state index in [1.807, 2.05) is 0 Å². The molecular formula is C19H17ClF3N5O2. The second-order valence-corrected chi connectivity index (χ2v) is 6.86. The van der Waals surface area contributed by atoms with E-state index in [4.69, 9.17) is 11.6 Å². The van der Waals surface area contributed by atoms with Crippen LogP contribution in [-0.4, -0.2) is 32.6 Å². The van der Waals surface area contributed by atoms with E-state index in [2.05, 4.69) is 20.7 Å². The maximum absolute atomic E-state index is 12.2. The molecule has 158 valence electrons. The lowest BCUT2D eigenvalue weighted by Gasteiger charge is -2.07. The summed E-state index contributed by atoms with van der Waals surface area (Å²) in [6, 6.07) is 8.31. The molecule has 2 heterocycles. The summed E-state index contributed by atoms with van der Waals surface area (Å²) in [7, 11) is 0. The van der Waals surface area contributed by atoms with Crippen LogP contribution < -0.4 is 10.6 Å². The number of rotatable bonds is 7. The summed E-state index contributed by atoms with van der Waals surface area (Å²) < 4.78 is 37.9. The van der Waals surface area contributed by atoms with Gasteiger partial charge in [0.25, 0.3) is 5.91 Å². The summed E-state index contributed by atoms with van der Waals surface area (Å²) in [5.41, 5.74) is 1.96. The van der Waals surface area contributed by atoms with Gasteiger partial charge in [-0.15, -0.1) is 0 Å². The Hall–Kier alpha value is -3.14. The Balaban J connectivity index is 1.57. The van der Waals surface area contributed by atoms with Crippen molar-refractivity contribution in [3.05, 3.63) is 64.6 Å². The van der Waals surface area contributed by atoms with Gasteiger partial charge in [-0.25, -0.2) is 9.50 Å². The van der Waals surface area contributed by atoms with Gasteiger partial charge in [0, 0.05) is 13.0 Å². The van der Waals surface area contributed by atoms with Crippen molar-refractivity contribution in [2.75, 3.05) is 0 Å². The molecule has 2 N–H and O–H groups in total. The maximum Gasteiger partial charge on any atom is 0.389 e. The van der Waals surface area contributed by atoms with E-state index in [1.165, 1.54) is 10.7 Å². The first-order valence-electron chi connectivity index (χ1n) is 8.90. The molecule has 0 aliphatic rings. The van der Waals surface area contributed by atoms with Crippen LogP contribution in [0.2, 0.25) is 5.02 Å². The molecule has 0 aliphatic heterocycles. The smallest absolute Gasteiger partial charge is 0.352 e. The van der Waals surface area contributed by atoms with E-state index in [9.17, 15) is 22.8 Å². The van der Waals surface area contributed by atoms with Crippen molar-refractivity contribution >= 4 is 29.1 Å². The molecular weight excluding hydrogens is 423 g/mol. The molecule has 0 atom stereocenters. The topological polar surface area (TPSA) is 88.4 Å². The number of aromatic nitrogens is 3. The number of carbonyl (C=O) groups excluding carboxylic acids is 2. The molecule has 3 rings (SSSR count). The van der Waals surface area contributed by atoms with Crippen molar-refractivity contribution < 1.29 is 22.8 Å². The summed E-state index contributed by atoms with van der Waals surface area (Å²) in [6.45, 7) is 0.183. The average molecular weight is 440 g/mol. The number of fused-ring (bicyclic) bond motifs is 1. The summed E-state index contributed by atoms with van der Waals surface area (Å²) in [4.78, 5) is 28.1. The molecule has 0 saturated heterocycles. The SMILES string of the molecule is O=C(CCC(F)(F)F)NCc1cnn2cc(CNC(=O)c3ccccc3Cl)nc2c1. The third kappa shape index (κ3) is 5.93. The van der Waals surface area contributed by atoms with Crippen molar-refractivity contribution in [1.29, 1.82) is 0 Å². The number of nitrogens with one attached hydrogen (secondary N) is 2. The minimum Gasteiger partial charge on any atom is -0.352 e. The Kier molecular flexibility index (Phi) is 6.56. The van der Waals surface area contributed by atoms with Crippen molar-refractivity contribution in [3.8, 4) is 0 Å². The first kappa shape index (κ1) is 21.6. The molecule has 30 heavy (non-hydrogen) atoms. The van der Waals surface area contributed by atoms with Gasteiger partial charge in [-0.3, -0.25) is 9.59 Å². The number of alkyl halides is 3. The highest BCUT2D eigenvalue weighted by atomic mass is 35.5. The van der Waals surface area contributed by atoms with Crippen molar-refractivity contribution in [1.82, 2.24) is 25.2 Å². The van der Waals surface area contributed by atoms with Gasteiger partial charge < -0.3 is 10.6 Å². The lowest BCUT2D eigenvalue weighted by Crippen LogP contribution is -2.24. The standard InChI is InChI=1S/C19H17ClF3N5O2/c20-15-4-2-1-3-14(15)18(30)25-10-13-11-28-16(27-13)7-12(9-26-28)8-24-17(29)5-6-19(21,22)23/h1-4,7,9,11H,5-6,8,10H2,(H,24,29)(H,25,30). The van der Waals surface area contributed by atoms with Crippen molar-refractivity contribution in [2.24, 2.45) is 0 Å². The molecule has 0 saturated carbocycles. The lowest BCUT2D eigenvalue weighted by molar-refractivity contribution is -0.144. The molecule has 0 unspecified atom stereocenters. The maximum atomic E-state index is 12.2. The number of nitrogens with zero attached hydrogens (tertiary/aromatic N) is 3. The fraction of sp³-hybridized carbons (Fsp3) is 0.263. The Bertz CT molecular complexity index is 1070. The van der Waals surface area contributed by atoms with Crippen LogP contribution >= 0.6 is 11.6 Å². The van der Waals surface area contributed by atoms with E-state index in [-0.39, 0.29) is 19.0 Å². The van der Waals surface area contributed by atoms with Gasteiger partial charge in [0.1, 0.15) is 0 Å². The zero-order chi connectivity index (χ0) is 21.7. The highest BCUT2D eigenvalue weighted by molar-refractivity contribution is 6.33. The number of benzene rings is 1.